The standard InChI is InChI=1S/C19H16O4/c1-12-7-8-17-18(15(12)9-14(21)10-20)19(22)16(11-23-17)13-5-3-2-4-6-13/h2-9,11,20-21H,10H2,1H3/b14-9+. The Hall–Kier alpha value is -2.85. The zero-order chi connectivity index (χ0) is 16.4. The van der Waals surface area contributed by atoms with Crippen molar-refractivity contribution in [2.45, 2.75) is 6.92 Å². The molecule has 0 spiro atoms. The van der Waals surface area contributed by atoms with E-state index in [1.165, 1.54) is 12.3 Å². The summed E-state index contributed by atoms with van der Waals surface area (Å²) in [7, 11) is 0. The van der Waals surface area contributed by atoms with Gasteiger partial charge in [-0.05, 0) is 35.8 Å². The summed E-state index contributed by atoms with van der Waals surface area (Å²) >= 11 is 0. The molecule has 3 rings (SSSR count). The first-order valence-corrected chi connectivity index (χ1v) is 7.22. The van der Waals surface area contributed by atoms with Crippen LogP contribution in [0.5, 0.6) is 0 Å². The Bertz CT molecular complexity index is 937. The molecule has 1 aromatic heterocycles. The quantitative estimate of drug-likeness (QED) is 0.724. The third-order valence-corrected chi connectivity index (χ3v) is 3.76. The molecule has 0 aliphatic heterocycles. The van der Waals surface area contributed by atoms with Gasteiger partial charge in [0.25, 0.3) is 0 Å². The van der Waals surface area contributed by atoms with E-state index in [9.17, 15) is 9.90 Å². The van der Waals surface area contributed by atoms with E-state index in [1.807, 2.05) is 43.3 Å². The van der Waals surface area contributed by atoms with Crippen LogP contribution >= 0.6 is 0 Å². The van der Waals surface area contributed by atoms with Crippen molar-refractivity contribution < 1.29 is 14.6 Å². The Morgan fingerprint density at radius 3 is 2.61 bits per heavy atom. The fourth-order valence-corrected chi connectivity index (χ4v) is 2.56. The lowest BCUT2D eigenvalue weighted by atomic mass is 9.99. The van der Waals surface area contributed by atoms with Crippen LogP contribution in [0.25, 0.3) is 28.2 Å². The van der Waals surface area contributed by atoms with Gasteiger partial charge in [0, 0.05) is 0 Å². The van der Waals surface area contributed by atoms with E-state index in [-0.39, 0.29) is 11.2 Å². The Balaban J connectivity index is 2.36. The van der Waals surface area contributed by atoms with Gasteiger partial charge in [0.2, 0.25) is 5.43 Å². The summed E-state index contributed by atoms with van der Waals surface area (Å²) < 4.78 is 5.62. The van der Waals surface area contributed by atoms with Crippen LogP contribution in [-0.2, 0) is 0 Å². The Morgan fingerprint density at radius 1 is 1.17 bits per heavy atom. The number of rotatable bonds is 3. The maximum Gasteiger partial charge on any atom is 0.201 e. The van der Waals surface area contributed by atoms with Gasteiger partial charge >= 0.3 is 0 Å². The van der Waals surface area contributed by atoms with Gasteiger partial charge in [-0.15, -0.1) is 0 Å². The first-order chi connectivity index (χ1) is 11.1. The fourth-order valence-electron chi connectivity index (χ4n) is 2.56. The zero-order valence-electron chi connectivity index (χ0n) is 12.6. The molecule has 3 aromatic rings. The van der Waals surface area contributed by atoms with Crippen molar-refractivity contribution in [3.63, 3.8) is 0 Å². The first kappa shape index (κ1) is 15.1. The van der Waals surface area contributed by atoms with Gasteiger partial charge in [-0.2, -0.15) is 0 Å². The maximum absolute atomic E-state index is 12.9. The number of fused-ring (bicyclic) bond motifs is 1. The van der Waals surface area contributed by atoms with Crippen LogP contribution in [-0.4, -0.2) is 16.8 Å². The lowest BCUT2D eigenvalue weighted by Crippen LogP contribution is -2.07. The lowest BCUT2D eigenvalue weighted by Gasteiger charge is -2.08. The molecule has 0 atom stereocenters. The molecule has 0 radical (unpaired) electrons. The monoisotopic (exact) mass is 308 g/mol. The minimum atomic E-state index is -0.487. The van der Waals surface area contributed by atoms with Gasteiger partial charge < -0.3 is 14.6 Å². The highest BCUT2D eigenvalue weighted by atomic mass is 16.3. The predicted octanol–water partition coefficient (Wildman–Crippen LogP) is 3.66. The normalized spacial score (nSPS) is 11.8. The summed E-state index contributed by atoms with van der Waals surface area (Å²) in [5.41, 5.74) is 2.87. The third-order valence-electron chi connectivity index (χ3n) is 3.76. The molecule has 0 bridgehead atoms. The highest BCUT2D eigenvalue weighted by Gasteiger charge is 2.13. The van der Waals surface area contributed by atoms with E-state index in [0.29, 0.717) is 22.1 Å². The van der Waals surface area contributed by atoms with Crippen LogP contribution in [0, 0.1) is 6.92 Å². The molecule has 2 N–H and O–H groups in total. The highest BCUT2D eigenvalue weighted by Crippen LogP contribution is 2.25. The summed E-state index contributed by atoms with van der Waals surface area (Å²) in [5.74, 6) is -0.204. The summed E-state index contributed by atoms with van der Waals surface area (Å²) in [5, 5.41) is 19.1. The van der Waals surface area contributed by atoms with E-state index >= 15 is 0 Å². The number of hydrogen-bond donors (Lipinski definition) is 2. The average molecular weight is 308 g/mol. The highest BCUT2D eigenvalue weighted by molar-refractivity contribution is 5.90. The topological polar surface area (TPSA) is 70.7 Å². The molecule has 4 nitrogen and oxygen atoms in total. The van der Waals surface area contributed by atoms with E-state index in [2.05, 4.69) is 0 Å². The van der Waals surface area contributed by atoms with Gasteiger partial charge in [0.05, 0.1) is 10.9 Å². The summed E-state index contributed by atoms with van der Waals surface area (Å²) in [6.45, 7) is 1.35. The summed E-state index contributed by atoms with van der Waals surface area (Å²) in [6.07, 6.45) is 2.86. The predicted molar refractivity (Wildman–Crippen MR) is 90.3 cm³/mol. The van der Waals surface area contributed by atoms with Gasteiger partial charge in [-0.25, -0.2) is 0 Å². The summed E-state index contributed by atoms with van der Waals surface area (Å²) in [4.78, 5) is 12.9. The van der Waals surface area contributed by atoms with Crippen molar-refractivity contribution in [2.24, 2.45) is 0 Å². The average Bonchev–Trinajstić information content (AvgIpc) is 2.58. The van der Waals surface area contributed by atoms with E-state index in [4.69, 9.17) is 9.52 Å². The largest absolute Gasteiger partial charge is 0.510 e. The Labute approximate surface area is 132 Å². The Morgan fingerprint density at radius 2 is 1.91 bits per heavy atom. The molecule has 0 amide bonds. The van der Waals surface area contributed by atoms with Gasteiger partial charge in [-0.3, -0.25) is 4.79 Å². The lowest BCUT2D eigenvalue weighted by molar-refractivity contribution is 0.256. The second kappa shape index (κ2) is 6.10. The Kier molecular flexibility index (Phi) is 4.00. The molecule has 0 aliphatic rings. The van der Waals surface area contributed by atoms with Crippen molar-refractivity contribution in [3.8, 4) is 11.1 Å². The van der Waals surface area contributed by atoms with Crippen molar-refractivity contribution in [2.75, 3.05) is 6.61 Å². The number of hydrogen-bond acceptors (Lipinski definition) is 4. The molecule has 1 heterocycles. The molecular formula is C19H16O4. The van der Waals surface area contributed by atoms with Gasteiger partial charge in [0.15, 0.2) is 0 Å². The van der Waals surface area contributed by atoms with Crippen molar-refractivity contribution in [1.29, 1.82) is 0 Å². The first-order valence-electron chi connectivity index (χ1n) is 7.22. The van der Waals surface area contributed by atoms with Crippen LogP contribution in [0.1, 0.15) is 11.1 Å². The molecule has 23 heavy (non-hydrogen) atoms. The van der Waals surface area contributed by atoms with Crippen molar-refractivity contribution in [3.05, 3.63) is 75.8 Å². The molecule has 0 unspecified atom stereocenters. The van der Waals surface area contributed by atoms with Gasteiger partial charge in [-0.1, -0.05) is 36.4 Å². The fraction of sp³-hybridized carbons (Fsp3) is 0.105. The number of aryl methyl sites for hydroxylation is 1. The van der Waals surface area contributed by atoms with Crippen LogP contribution < -0.4 is 5.43 Å². The van der Waals surface area contributed by atoms with Crippen LogP contribution in [0.4, 0.5) is 0 Å². The molecule has 0 saturated heterocycles. The molecule has 0 fully saturated rings. The smallest absolute Gasteiger partial charge is 0.201 e. The second-order valence-corrected chi connectivity index (χ2v) is 5.31. The SMILES string of the molecule is Cc1ccc2occ(-c3ccccc3)c(=O)c2c1/C=C(/O)CO. The maximum atomic E-state index is 12.9. The van der Waals surface area contributed by atoms with Crippen molar-refractivity contribution >= 4 is 17.0 Å². The van der Waals surface area contributed by atoms with E-state index < -0.39 is 6.61 Å². The molecular weight excluding hydrogens is 292 g/mol. The number of benzene rings is 2. The van der Waals surface area contributed by atoms with E-state index in [1.54, 1.807) is 6.07 Å². The van der Waals surface area contributed by atoms with Crippen molar-refractivity contribution in [1.82, 2.24) is 0 Å². The van der Waals surface area contributed by atoms with Crippen LogP contribution in [0.2, 0.25) is 0 Å². The number of aliphatic hydroxyl groups is 2. The molecule has 116 valence electrons. The molecule has 2 aromatic carbocycles. The van der Waals surface area contributed by atoms with Crippen LogP contribution in [0.3, 0.4) is 0 Å². The molecule has 0 aliphatic carbocycles. The molecule has 0 saturated carbocycles. The van der Waals surface area contributed by atoms with Crippen LogP contribution in [0.15, 0.2) is 63.7 Å². The van der Waals surface area contributed by atoms with E-state index in [0.717, 1.165) is 11.1 Å². The zero-order valence-corrected chi connectivity index (χ0v) is 12.6. The second-order valence-electron chi connectivity index (χ2n) is 5.31. The minimum Gasteiger partial charge on any atom is -0.510 e. The van der Waals surface area contributed by atoms with Gasteiger partial charge in [0.1, 0.15) is 24.2 Å². The molecule has 4 heteroatoms. The summed E-state index contributed by atoms with van der Waals surface area (Å²) in [6, 6.07) is 12.8. The minimum absolute atomic E-state index is 0.168. The number of aliphatic hydroxyl groups excluding tert-OH is 2. The third kappa shape index (κ3) is 2.76.